The lowest BCUT2D eigenvalue weighted by Crippen LogP contribution is -2.04. The fourth-order valence-electron chi connectivity index (χ4n) is 1.80. The number of ketones is 1. The molecular weight excluding hydrogens is 244 g/mol. The van der Waals surface area contributed by atoms with Gasteiger partial charge in [0.2, 0.25) is 0 Å². The van der Waals surface area contributed by atoms with Crippen LogP contribution in [-0.4, -0.2) is 5.78 Å². The first kappa shape index (κ1) is 12.8. The molecule has 0 unspecified atom stereocenters. The van der Waals surface area contributed by atoms with Crippen LogP contribution in [0.5, 0.6) is 0 Å². The van der Waals surface area contributed by atoms with Crippen molar-refractivity contribution >= 4 is 17.4 Å². The largest absolute Gasteiger partial charge is 0.294 e. The lowest BCUT2D eigenvalue weighted by atomic mass is 9.99. The van der Waals surface area contributed by atoms with Gasteiger partial charge >= 0.3 is 0 Å². The number of hydrogen-bond acceptors (Lipinski definition) is 1. The van der Waals surface area contributed by atoms with Gasteiger partial charge in [-0.3, -0.25) is 4.79 Å². The zero-order valence-electron chi connectivity index (χ0n) is 10.5. The van der Waals surface area contributed by atoms with Gasteiger partial charge in [0.05, 0.1) is 0 Å². The summed E-state index contributed by atoms with van der Waals surface area (Å²) >= 11 is 5.82. The summed E-state index contributed by atoms with van der Waals surface area (Å²) in [6.45, 7) is 4.07. The summed E-state index contributed by atoms with van der Waals surface area (Å²) in [5.41, 5.74) is 4.12. The second-order valence-corrected chi connectivity index (χ2v) is 4.96. The third-order valence-electron chi connectivity index (χ3n) is 3.11. The number of aryl methyl sites for hydroxylation is 2. The predicted molar refractivity (Wildman–Crippen MR) is 75.4 cm³/mol. The molecule has 0 amide bonds. The van der Waals surface area contributed by atoms with Crippen molar-refractivity contribution in [2.24, 2.45) is 0 Å². The van der Waals surface area contributed by atoms with Crippen molar-refractivity contribution in [2.45, 2.75) is 20.3 Å². The summed E-state index contributed by atoms with van der Waals surface area (Å²) < 4.78 is 0. The number of hydrogen-bond donors (Lipinski definition) is 0. The second-order valence-electron chi connectivity index (χ2n) is 4.53. The van der Waals surface area contributed by atoms with Crippen molar-refractivity contribution in [3.05, 3.63) is 69.7 Å². The van der Waals surface area contributed by atoms with Crippen molar-refractivity contribution in [2.75, 3.05) is 0 Å². The van der Waals surface area contributed by atoms with Gasteiger partial charge in [0.1, 0.15) is 0 Å². The predicted octanol–water partition coefficient (Wildman–Crippen LogP) is 4.38. The first-order valence-corrected chi connectivity index (χ1v) is 6.29. The number of halogens is 1. The number of carbonyl (C=O) groups is 1. The first-order chi connectivity index (χ1) is 8.56. The van der Waals surface area contributed by atoms with Gasteiger partial charge in [-0.25, -0.2) is 0 Å². The minimum absolute atomic E-state index is 0.139. The van der Waals surface area contributed by atoms with E-state index in [0.29, 0.717) is 11.4 Å². The normalized spacial score (nSPS) is 10.4. The van der Waals surface area contributed by atoms with Crippen LogP contribution >= 0.6 is 11.6 Å². The van der Waals surface area contributed by atoms with E-state index in [0.717, 1.165) is 16.7 Å². The molecule has 0 aliphatic carbocycles. The van der Waals surface area contributed by atoms with Crippen molar-refractivity contribution < 1.29 is 4.79 Å². The van der Waals surface area contributed by atoms with Crippen molar-refractivity contribution in [1.82, 2.24) is 0 Å². The summed E-state index contributed by atoms with van der Waals surface area (Å²) in [7, 11) is 0. The Hall–Kier alpha value is -1.60. The molecule has 2 rings (SSSR count). The molecular formula is C16H15ClO. The molecule has 18 heavy (non-hydrogen) atoms. The summed E-state index contributed by atoms with van der Waals surface area (Å²) in [5, 5.41) is 0.692. The van der Waals surface area contributed by atoms with Crippen LogP contribution in [0.3, 0.4) is 0 Å². The highest BCUT2D eigenvalue weighted by Crippen LogP contribution is 2.14. The van der Waals surface area contributed by atoms with E-state index < -0.39 is 0 Å². The minimum Gasteiger partial charge on any atom is -0.294 e. The summed E-state index contributed by atoms with van der Waals surface area (Å²) in [5.74, 6) is 0.139. The molecule has 0 saturated carbocycles. The molecule has 0 radical (unpaired) electrons. The third-order valence-corrected chi connectivity index (χ3v) is 3.36. The average Bonchev–Trinajstić information content (AvgIpc) is 2.35. The molecule has 0 heterocycles. The molecule has 0 fully saturated rings. The number of rotatable bonds is 3. The van der Waals surface area contributed by atoms with E-state index >= 15 is 0 Å². The van der Waals surface area contributed by atoms with E-state index in [9.17, 15) is 4.79 Å². The molecule has 2 heteroatoms. The number of Topliss-reactive ketones (excluding diaryl/α,β-unsaturated/α-hetero) is 1. The van der Waals surface area contributed by atoms with Crippen molar-refractivity contribution in [1.29, 1.82) is 0 Å². The first-order valence-electron chi connectivity index (χ1n) is 5.91. The van der Waals surface area contributed by atoms with Crippen LogP contribution in [0.1, 0.15) is 27.0 Å². The quantitative estimate of drug-likeness (QED) is 0.747. The molecule has 1 nitrogen and oxygen atoms in total. The Balaban J connectivity index is 2.16. The number of benzene rings is 2. The highest BCUT2D eigenvalue weighted by molar-refractivity contribution is 6.30. The minimum atomic E-state index is 0.139. The maximum absolute atomic E-state index is 12.1. The zero-order chi connectivity index (χ0) is 13.1. The van der Waals surface area contributed by atoms with Gasteiger partial charge in [0.15, 0.2) is 5.78 Å². The molecule has 0 atom stereocenters. The SMILES string of the molecule is Cc1ccc(C(=O)Cc2ccc(Cl)cc2)cc1C. The van der Waals surface area contributed by atoms with Crippen LogP contribution in [-0.2, 0) is 6.42 Å². The Kier molecular flexibility index (Phi) is 3.83. The average molecular weight is 259 g/mol. The van der Waals surface area contributed by atoms with Crippen LogP contribution < -0.4 is 0 Å². The molecule has 0 N–H and O–H groups in total. The van der Waals surface area contributed by atoms with Crippen LogP contribution in [0.25, 0.3) is 0 Å². The van der Waals surface area contributed by atoms with E-state index in [1.807, 2.05) is 56.3 Å². The van der Waals surface area contributed by atoms with E-state index in [2.05, 4.69) is 0 Å². The highest BCUT2D eigenvalue weighted by Gasteiger charge is 2.08. The highest BCUT2D eigenvalue weighted by atomic mass is 35.5. The van der Waals surface area contributed by atoms with Gasteiger partial charge in [-0.05, 0) is 48.7 Å². The molecule has 0 saturated heterocycles. The molecule has 0 aromatic heterocycles. The summed E-state index contributed by atoms with van der Waals surface area (Å²) in [4.78, 5) is 12.1. The van der Waals surface area contributed by atoms with E-state index in [1.54, 1.807) is 0 Å². The molecule has 0 spiro atoms. The van der Waals surface area contributed by atoms with E-state index in [-0.39, 0.29) is 5.78 Å². The lowest BCUT2D eigenvalue weighted by molar-refractivity contribution is 0.0993. The fraction of sp³-hybridized carbons (Fsp3) is 0.188. The van der Waals surface area contributed by atoms with Gasteiger partial charge in [0.25, 0.3) is 0 Å². The lowest BCUT2D eigenvalue weighted by Gasteiger charge is -2.05. The third kappa shape index (κ3) is 2.99. The Morgan fingerprint density at radius 3 is 2.28 bits per heavy atom. The monoisotopic (exact) mass is 258 g/mol. The Morgan fingerprint density at radius 1 is 1.00 bits per heavy atom. The van der Waals surface area contributed by atoms with Gasteiger partial charge in [-0.1, -0.05) is 35.9 Å². The smallest absolute Gasteiger partial charge is 0.167 e. The van der Waals surface area contributed by atoms with Gasteiger partial charge in [0, 0.05) is 17.0 Å². The second kappa shape index (κ2) is 5.36. The van der Waals surface area contributed by atoms with E-state index in [4.69, 9.17) is 11.6 Å². The van der Waals surface area contributed by atoms with Gasteiger partial charge < -0.3 is 0 Å². The Morgan fingerprint density at radius 2 is 1.67 bits per heavy atom. The van der Waals surface area contributed by atoms with Crippen LogP contribution in [0, 0.1) is 13.8 Å². The molecule has 0 aliphatic heterocycles. The van der Waals surface area contributed by atoms with Crippen LogP contribution in [0.4, 0.5) is 0 Å². The molecule has 0 bridgehead atoms. The molecule has 2 aromatic rings. The van der Waals surface area contributed by atoms with E-state index in [1.165, 1.54) is 5.56 Å². The topological polar surface area (TPSA) is 17.1 Å². The number of carbonyl (C=O) groups excluding carboxylic acids is 1. The zero-order valence-corrected chi connectivity index (χ0v) is 11.3. The summed E-state index contributed by atoms with van der Waals surface area (Å²) in [6.07, 6.45) is 0.416. The van der Waals surface area contributed by atoms with Crippen molar-refractivity contribution in [3.8, 4) is 0 Å². The summed E-state index contributed by atoms with van der Waals surface area (Å²) in [6, 6.07) is 13.2. The molecule has 0 aliphatic rings. The fourth-order valence-corrected chi connectivity index (χ4v) is 1.93. The molecule has 92 valence electrons. The maximum atomic E-state index is 12.1. The van der Waals surface area contributed by atoms with Crippen LogP contribution in [0.2, 0.25) is 5.02 Å². The standard InChI is InChI=1S/C16H15ClO/c1-11-3-6-14(9-12(11)2)16(18)10-13-4-7-15(17)8-5-13/h3-9H,10H2,1-2H3. The maximum Gasteiger partial charge on any atom is 0.167 e. The Bertz CT molecular complexity index is 570. The Labute approximate surface area is 112 Å². The van der Waals surface area contributed by atoms with Crippen LogP contribution in [0.15, 0.2) is 42.5 Å². The van der Waals surface area contributed by atoms with Gasteiger partial charge in [-0.2, -0.15) is 0 Å². The molecule has 2 aromatic carbocycles. The van der Waals surface area contributed by atoms with Crippen molar-refractivity contribution in [3.63, 3.8) is 0 Å². The van der Waals surface area contributed by atoms with Gasteiger partial charge in [-0.15, -0.1) is 0 Å².